The molecule has 0 aromatic heterocycles. The highest BCUT2D eigenvalue weighted by Crippen LogP contribution is 2.14. The van der Waals surface area contributed by atoms with Crippen LogP contribution in [-0.2, 0) is 28.6 Å². The summed E-state index contributed by atoms with van der Waals surface area (Å²) in [4.78, 5) is 37.9. The van der Waals surface area contributed by atoms with Crippen LogP contribution in [0.1, 0.15) is 213 Å². The summed E-state index contributed by atoms with van der Waals surface area (Å²) in [5.41, 5.74) is 0. The van der Waals surface area contributed by atoms with Crippen LogP contribution in [0, 0.1) is 0 Å². The molecule has 0 spiro atoms. The number of ether oxygens (including phenoxy) is 3. The van der Waals surface area contributed by atoms with Crippen molar-refractivity contribution in [2.75, 3.05) is 13.2 Å². The summed E-state index contributed by atoms with van der Waals surface area (Å²) >= 11 is 0. The molecule has 61 heavy (non-hydrogen) atoms. The Morgan fingerprint density at radius 1 is 0.344 bits per heavy atom. The number of hydrogen-bond donors (Lipinski definition) is 0. The van der Waals surface area contributed by atoms with Crippen LogP contribution in [0.15, 0.2) is 97.2 Å². The lowest BCUT2D eigenvalue weighted by molar-refractivity contribution is -0.167. The quantitative estimate of drug-likeness (QED) is 0.0263. The zero-order chi connectivity index (χ0) is 44.4. The fourth-order valence-electron chi connectivity index (χ4n) is 6.43. The Kier molecular flexibility index (Phi) is 46.0. The standard InChI is InChI=1S/C55H90O6/c1-4-7-10-13-16-19-22-24-26-27-29-30-33-36-39-42-45-48-54(57)60-51-52(50-59-53(56)47-44-41-38-35-32-21-18-15-12-9-6-3)61-55(58)49-46-43-40-37-34-31-28-25-23-20-17-14-11-8-5-2/h7-8,10-11,16-17,19-20,24-26,28-30,36,39,52H,4-6,9,12-15,18,21-23,27,31-35,37-38,40-51H2,1-3H3/b10-7-,11-8-,19-16-,20-17-,26-24-,28-25-,30-29-,39-36-/t52-/m1/s1. The Hall–Kier alpha value is -3.67. The van der Waals surface area contributed by atoms with E-state index in [1.807, 2.05) is 0 Å². The van der Waals surface area contributed by atoms with Gasteiger partial charge in [-0.3, -0.25) is 14.4 Å². The summed E-state index contributed by atoms with van der Waals surface area (Å²) in [5, 5.41) is 0. The van der Waals surface area contributed by atoms with Crippen molar-refractivity contribution in [2.45, 2.75) is 219 Å². The molecule has 0 bridgehead atoms. The predicted molar refractivity (Wildman–Crippen MR) is 260 cm³/mol. The lowest BCUT2D eigenvalue weighted by atomic mass is 10.1. The number of allylic oxidation sites excluding steroid dienone is 16. The van der Waals surface area contributed by atoms with Crippen LogP contribution in [0.3, 0.4) is 0 Å². The Morgan fingerprint density at radius 3 is 1.07 bits per heavy atom. The maximum Gasteiger partial charge on any atom is 0.306 e. The topological polar surface area (TPSA) is 78.9 Å². The Bertz CT molecular complexity index is 1250. The van der Waals surface area contributed by atoms with Gasteiger partial charge in [-0.15, -0.1) is 0 Å². The molecule has 0 aliphatic carbocycles. The van der Waals surface area contributed by atoms with Crippen LogP contribution in [-0.4, -0.2) is 37.2 Å². The highest BCUT2D eigenvalue weighted by molar-refractivity contribution is 5.71. The number of hydrogen-bond acceptors (Lipinski definition) is 6. The molecule has 346 valence electrons. The molecule has 0 unspecified atom stereocenters. The number of unbranched alkanes of at least 4 members (excludes halogenated alkanes) is 16. The normalized spacial score (nSPS) is 12.9. The van der Waals surface area contributed by atoms with E-state index < -0.39 is 6.10 Å². The molecule has 0 fully saturated rings. The molecule has 0 saturated carbocycles. The monoisotopic (exact) mass is 847 g/mol. The average molecular weight is 847 g/mol. The first-order valence-electron chi connectivity index (χ1n) is 24.7. The van der Waals surface area contributed by atoms with Gasteiger partial charge >= 0.3 is 17.9 Å². The average Bonchev–Trinajstić information content (AvgIpc) is 3.26. The van der Waals surface area contributed by atoms with E-state index in [1.54, 1.807) is 0 Å². The zero-order valence-corrected chi connectivity index (χ0v) is 39.4. The van der Waals surface area contributed by atoms with Crippen molar-refractivity contribution < 1.29 is 28.6 Å². The van der Waals surface area contributed by atoms with E-state index in [-0.39, 0.29) is 37.5 Å². The molecule has 0 rings (SSSR count). The van der Waals surface area contributed by atoms with Crippen LogP contribution in [0.4, 0.5) is 0 Å². The van der Waals surface area contributed by atoms with E-state index >= 15 is 0 Å². The van der Waals surface area contributed by atoms with Gasteiger partial charge in [-0.2, -0.15) is 0 Å². The van der Waals surface area contributed by atoms with E-state index in [0.29, 0.717) is 19.3 Å². The minimum atomic E-state index is -0.807. The largest absolute Gasteiger partial charge is 0.462 e. The van der Waals surface area contributed by atoms with Gasteiger partial charge in [-0.1, -0.05) is 201 Å². The van der Waals surface area contributed by atoms with Crippen LogP contribution >= 0.6 is 0 Å². The summed E-state index contributed by atoms with van der Waals surface area (Å²) in [6, 6.07) is 0. The van der Waals surface area contributed by atoms with Gasteiger partial charge in [0.05, 0.1) is 0 Å². The summed E-state index contributed by atoms with van der Waals surface area (Å²) in [7, 11) is 0. The summed E-state index contributed by atoms with van der Waals surface area (Å²) in [6.07, 6.45) is 63.9. The third-order valence-electron chi connectivity index (χ3n) is 10.1. The maximum atomic E-state index is 12.8. The number of esters is 3. The van der Waals surface area contributed by atoms with Crippen molar-refractivity contribution in [3.8, 4) is 0 Å². The van der Waals surface area contributed by atoms with Gasteiger partial charge in [0, 0.05) is 19.3 Å². The highest BCUT2D eigenvalue weighted by Gasteiger charge is 2.19. The fraction of sp³-hybridized carbons (Fsp3) is 0.655. The highest BCUT2D eigenvalue weighted by atomic mass is 16.6. The third kappa shape index (κ3) is 47.2. The van der Waals surface area contributed by atoms with Gasteiger partial charge in [-0.05, 0) is 89.9 Å². The second-order valence-corrected chi connectivity index (χ2v) is 16.0. The molecular weight excluding hydrogens is 757 g/mol. The van der Waals surface area contributed by atoms with E-state index in [1.165, 1.54) is 51.4 Å². The summed E-state index contributed by atoms with van der Waals surface area (Å²) < 4.78 is 16.7. The van der Waals surface area contributed by atoms with Crippen molar-refractivity contribution in [2.24, 2.45) is 0 Å². The van der Waals surface area contributed by atoms with Crippen molar-refractivity contribution >= 4 is 17.9 Å². The first-order valence-corrected chi connectivity index (χ1v) is 24.7. The van der Waals surface area contributed by atoms with Crippen molar-refractivity contribution in [3.63, 3.8) is 0 Å². The molecule has 1 atom stereocenters. The van der Waals surface area contributed by atoms with E-state index in [4.69, 9.17) is 14.2 Å². The molecule has 6 heteroatoms. The Labute approximate surface area is 375 Å². The Balaban J connectivity index is 4.51. The molecule has 0 saturated heterocycles. The summed E-state index contributed by atoms with van der Waals surface area (Å²) in [5.74, 6) is -0.986. The van der Waals surface area contributed by atoms with Crippen molar-refractivity contribution in [3.05, 3.63) is 97.2 Å². The predicted octanol–water partition coefficient (Wildman–Crippen LogP) is 16.2. The lowest BCUT2D eigenvalue weighted by Gasteiger charge is -2.18. The van der Waals surface area contributed by atoms with Crippen molar-refractivity contribution in [1.29, 1.82) is 0 Å². The molecule has 0 heterocycles. The minimum absolute atomic E-state index is 0.102. The second kappa shape index (κ2) is 49.0. The molecule has 0 aliphatic rings. The fourth-order valence-corrected chi connectivity index (χ4v) is 6.43. The van der Waals surface area contributed by atoms with Gasteiger partial charge < -0.3 is 14.2 Å². The maximum absolute atomic E-state index is 12.8. The number of carbonyl (C=O) groups is 3. The zero-order valence-electron chi connectivity index (χ0n) is 39.4. The number of carbonyl (C=O) groups excluding carboxylic acids is 3. The SMILES string of the molecule is CC/C=C\C/C=C\C/C=C\C/C=C\C/C=C\CCCC(=O)OC[C@@H](COC(=O)CCCCCCCCCCCCC)OC(=O)CCCCCCC/C=C\C/C=C\C/C=C\CC. The van der Waals surface area contributed by atoms with Crippen LogP contribution < -0.4 is 0 Å². The Morgan fingerprint density at radius 2 is 0.656 bits per heavy atom. The van der Waals surface area contributed by atoms with Gasteiger partial charge in [0.15, 0.2) is 6.10 Å². The van der Waals surface area contributed by atoms with Gasteiger partial charge in [0.1, 0.15) is 13.2 Å². The van der Waals surface area contributed by atoms with Crippen LogP contribution in [0.25, 0.3) is 0 Å². The van der Waals surface area contributed by atoms with Crippen molar-refractivity contribution in [1.82, 2.24) is 0 Å². The first kappa shape index (κ1) is 57.3. The van der Waals surface area contributed by atoms with Gasteiger partial charge in [-0.25, -0.2) is 0 Å². The van der Waals surface area contributed by atoms with Crippen LogP contribution in [0.2, 0.25) is 0 Å². The lowest BCUT2D eigenvalue weighted by Crippen LogP contribution is -2.30. The van der Waals surface area contributed by atoms with E-state index in [9.17, 15) is 14.4 Å². The molecular formula is C55H90O6. The molecule has 6 nitrogen and oxygen atoms in total. The smallest absolute Gasteiger partial charge is 0.306 e. The molecule has 0 aromatic rings. The van der Waals surface area contributed by atoms with E-state index in [2.05, 4.69) is 118 Å². The summed E-state index contributed by atoms with van der Waals surface area (Å²) in [6.45, 7) is 6.33. The van der Waals surface area contributed by atoms with Crippen LogP contribution in [0.5, 0.6) is 0 Å². The van der Waals surface area contributed by atoms with E-state index in [0.717, 1.165) is 116 Å². The molecule has 0 radical (unpaired) electrons. The molecule has 0 aliphatic heterocycles. The molecule has 0 N–H and O–H groups in total. The second-order valence-electron chi connectivity index (χ2n) is 16.0. The van der Waals surface area contributed by atoms with Gasteiger partial charge in [0.25, 0.3) is 0 Å². The number of rotatable bonds is 43. The van der Waals surface area contributed by atoms with Gasteiger partial charge in [0.2, 0.25) is 0 Å². The third-order valence-corrected chi connectivity index (χ3v) is 10.1. The first-order chi connectivity index (χ1) is 30.0. The minimum Gasteiger partial charge on any atom is -0.462 e. The molecule has 0 amide bonds. The molecule has 0 aromatic carbocycles.